The molecule has 0 saturated carbocycles. The highest BCUT2D eigenvalue weighted by atomic mass is 16.3. The molecule has 3 aliphatic carbocycles. The molecule has 0 saturated heterocycles. The summed E-state index contributed by atoms with van der Waals surface area (Å²) in [6.07, 6.45) is 3.83. The lowest BCUT2D eigenvalue weighted by Crippen LogP contribution is -2.63. The van der Waals surface area contributed by atoms with E-state index in [4.69, 9.17) is 5.73 Å². The van der Waals surface area contributed by atoms with E-state index in [1.165, 1.54) is 11.0 Å². The normalized spacial score (nSPS) is 27.8. The summed E-state index contributed by atoms with van der Waals surface area (Å²) in [7, 11) is 3.15. The van der Waals surface area contributed by atoms with E-state index in [9.17, 15) is 39.9 Å². The highest BCUT2D eigenvalue weighted by Crippen LogP contribution is 2.52. The molecule has 7 N–H and O–H groups in total. The minimum atomic E-state index is -2.67. The summed E-state index contributed by atoms with van der Waals surface area (Å²) in [5.41, 5.74) is 2.53. The van der Waals surface area contributed by atoms with E-state index in [1.54, 1.807) is 26.2 Å². The van der Waals surface area contributed by atoms with Gasteiger partial charge in [-0.05, 0) is 62.5 Å². The molecule has 198 valence electrons. The molecular formula is C27H32N2O8. The van der Waals surface area contributed by atoms with Crippen molar-refractivity contribution in [3.63, 3.8) is 0 Å². The molecule has 4 rings (SSSR count). The van der Waals surface area contributed by atoms with Gasteiger partial charge in [0.1, 0.15) is 22.8 Å². The van der Waals surface area contributed by atoms with Crippen LogP contribution in [0.3, 0.4) is 0 Å². The van der Waals surface area contributed by atoms with Gasteiger partial charge in [0.15, 0.2) is 11.4 Å². The maximum Gasteiger partial charge on any atom is 0.255 e. The van der Waals surface area contributed by atoms with Crippen molar-refractivity contribution in [2.45, 2.75) is 50.7 Å². The number of fused-ring (bicyclic) bond motifs is 3. The van der Waals surface area contributed by atoms with E-state index in [2.05, 4.69) is 0 Å². The van der Waals surface area contributed by atoms with Gasteiger partial charge in [-0.15, -0.1) is 0 Å². The number of rotatable bonds is 6. The summed E-state index contributed by atoms with van der Waals surface area (Å²) in [5, 5.41) is 54.7. The Kier molecular flexibility index (Phi) is 6.68. The number of aromatic hydroxyl groups is 1. The van der Waals surface area contributed by atoms with Gasteiger partial charge in [0.05, 0.1) is 17.4 Å². The van der Waals surface area contributed by atoms with Crippen molar-refractivity contribution in [2.75, 3.05) is 14.1 Å². The summed E-state index contributed by atoms with van der Waals surface area (Å²) in [6, 6.07) is 1.86. The number of aliphatic hydroxyl groups excluding tert-OH is 3. The van der Waals surface area contributed by atoms with Gasteiger partial charge >= 0.3 is 0 Å². The molecule has 10 heteroatoms. The molecule has 0 aliphatic heterocycles. The van der Waals surface area contributed by atoms with Crippen molar-refractivity contribution in [1.82, 2.24) is 4.90 Å². The van der Waals surface area contributed by atoms with E-state index < -0.39 is 58.0 Å². The van der Waals surface area contributed by atoms with E-state index in [-0.39, 0.29) is 35.5 Å². The number of carbonyl (C=O) groups is 3. The molecule has 1 aromatic carbocycles. The van der Waals surface area contributed by atoms with Gasteiger partial charge in [-0.25, -0.2) is 0 Å². The Labute approximate surface area is 214 Å². The topological polar surface area (TPSA) is 182 Å². The zero-order chi connectivity index (χ0) is 27.4. The van der Waals surface area contributed by atoms with Crippen LogP contribution in [-0.4, -0.2) is 73.6 Å². The second kappa shape index (κ2) is 9.35. The zero-order valence-electron chi connectivity index (χ0n) is 21.0. The highest BCUT2D eigenvalue weighted by molar-refractivity contribution is 6.24. The molecule has 0 fully saturated rings. The summed E-state index contributed by atoms with van der Waals surface area (Å²) in [4.78, 5) is 40.5. The largest absolute Gasteiger partial charge is 0.512 e. The van der Waals surface area contributed by atoms with Gasteiger partial charge in [-0.3, -0.25) is 19.3 Å². The fourth-order valence-electron chi connectivity index (χ4n) is 6.02. The molecule has 3 aliphatic rings. The average Bonchev–Trinajstić information content (AvgIpc) is 2.81. The van der Waals surface area contributed by atoms with Crippen LogP contribution in [0.2, 0.25) is 0 Å². The first kappa shape index (κ1) is 26.4. The van der Waals surface area contributed by atoms with Gasteiger partial charge in [0.2, 0.25) is 5.78 Å². The SMILES string of the molecule is CCCC/C(O)=C/c1ccc(O)c2c1C[C@@H]1C[C@@H]3[C@H](N(C)C)C(O)=C(C(N)=O)C(=O)[C@@]3(O)C(O)=C1C2=O. The van der Waals surface area contributed by atoms with E-state index >= 15 is 0 Å². The molecule has 37 heavy (non-hydrogen) atoms. The fraction of sp³-hybridized carbons (Fsp3) is 0.444. The third kappa shape index (κ3) is 3.91. The summed E-state index contributed by atoms with van der Waals surface area (Å²) < 4.78 is 0. The molecule has 0 aromatic heterocycles. The van der Waals surface area contributed by atoms with Crippen LogP contribution < -0.4 is 5.73 Å². The number of primary amides is 1. The van der Waals surface area contributed by atoms with Crippen LogP contribution in [0.5, 0.6) is 5.75 Å². The van der Waals surface area contributed by atoms with Gasteiger partial charge in [0.25, 0.3) is 5.91 Å². The number of amides is 1. The van der Waals surface area contributed by atoms with Gasteiger partial charge in [-0.2, -0.15) is 0 Å². The molecule has 4 atom stereocenters. The first-order valence-corrected chi connectivity index (χ1v) is 12.2. The van der Waals surface area contributed by atoms with Crippen molar-refractivity contribution in [1.29, 1.82) is 0 Å². The minimum Gasteiger partial charge on any atom is -0.512 e. The lowest BCUT2D eigenvalue weighted by molar-refractivity contribution is -0.148. The number of aliphatic hydroxyl groups is 4. The average molecular weight is 513 g/mol. The molecule has 1 aromatic rings. The number of hydrogen-bond donors (Lipinski definition) is 6. The summed E-state index contributed by atoms with van der Waals surface area (Å²) in [6.45, 7) is 2.00. The Morgan fingerprint density at radius 1 is 1.22 bits per heavy atom. The van der Waals surface area contributed by atoms with E-state index in [0.29, 0.717) is 17.5 Å². The third-order valence-electron chi connectivity index (χ3n) is 7.75. The predicted octanol–water partition coefficient (Wildman–Crippen LogP) is 2.21. The second-order valence-corrected chi connectivity index (χ2v) is 10.2. The lowest BCUT2D eigenvalue weighted by atomic mass is 9.58. The number of ketones is 2. The molecule has 0 spiro atoms. The monoisotopic (exact) mass is 512 g/mol. The third-order valence-corrected chi connectivity index (χ3v) is 7.75. The van der Waals surface area contributed by atoms with Crippen LogP contribution >= 0.6 is 0 Å². The molecule has 0 radical (unpaired) electrons. The number of phenolic OH excluding ortho intramolecular Hbond substituents is 1. The number of Topliss-reactive ketones (excluding diaryl/α,β-unsaturated/α-hetero) is 2. The molecule has 0 bridgehead atoms. The molecule has 0 unspecified atom stereocenters. The Morgan fingerprint density at radius 3 is 2.49 bits per heavy atom. The van der Waals surface area contributed by atoms with Crippen LogP contribution in [0.15, 0.2) is 40.6 Å². The number of hydrogen-bond acceptors (Lipinski definition) is 9. The van der Waals surface area contributed by atoms with Gasteiger partial charge in [0, 0.05) is 17.9 Å². The van der Waals surface area contributed by atoms with Gasteiger partial charge < -0.3 is 31.3 Å². The number of nitrogens with zero attached hydrogens (tertiary/aromatic N) is 1. The van der Waals surface area contributed by atoms with Crippen LogP contribution in [-0.2, 0) is 16.0 Å². The number of benzene rings is 1. The number of unbranched alkanes of at least 4 members (excludes halogenated alkanes) is 1. The van der Waals surface area contributed by atoms with E-state index in [0.717, 1.165) is 12.8 Å². The maximum absolute atomic E-state index is 13.7. The van der Waals surface area contributed by atoms with Crippen molar-refractivity contribution in [3.05, 3.63) is 57.2 Å². The Balaban J connectivity index is 1.90. The molecule has 10 nitrogen and oxygen atoms in total. The second-order valence-electron chi connectivity index (χ2n) is 10.2. The number of phenols is 1. The number of nitrogens with two attached hydrogens (primary N) is 1. The molecule has 1 amide bonds. The lowest BCUT2D eigenvalue weighted by Gasteiger charge is -2.50. The van der Waals surface area contributed by atoms with Crippen LogP contribution in [0, 0.1) is 11.8 Å². The maximum atomic E-state index is 13.7. The Morgan fingerprint density at radius 2 is 1.89 bits per heavy atom. The first-order valence-electron chi connectivity index (χ1n) is 12.2. The van der Waals surface area contributed by atoms with Crippen LogP contribution in [0.4, 0.5) is 0 Å². The fourth-order valence-corrected chi connectivity index (χ4v) is 6.02. The number of allylic oxidation sites excluding steroid dienone is 2. The molecule has 0 heterocycles. The summed E-state index contributed by atoms with van der Waals surface area (Å²) in [5.74, 6) is -6.78. The van der Waals surface area contributed by atoms with E-state index in [1.807, 2.05) is 6.92 Å². The quantitative estimate of drug-likeness (QED) is 0.246. The van der Waals surface area contributed by atoms with Crippen molar-refractivity contribution < 1.29 is 39.9 Å². The predicted molar refractivity (Wildman–Crippen MR) is 134 cm³/mol. The van der Waals surface area contributed by atoms with Gasteiger partial charge in [-0.1, -0.05) is 19.4 Å². The van der Waals surface area contributed by atoms with Crippen molar-refractivity contribution in [2.24, 2.45) is 17.6 Å². The smallest absolute Gasteiger partial charge is 0.255 e. The Hall–Kier alpha value is -3.63. The van der Waals surface area contributed by atoms with Crippen LogP contribution in [0.1, 0.15) is 54.1 Å². The first-order chi connectivity index (χ1) is 17.4. The van der Waals surface area contributed by atoms with Crippen LogP contribution in [0.25, 0.3) is 6.08 Å². The zero-order valence-corrected chi connectivity index (χ0v) is 21.0. The number of carbonyl (C=O) groups excluding carboxylic acids is 3. The minimum absolute atomic E-state index is 0.00634. The van der Waals surface area contributed by atoms with Crippen molar-refractivity contribution in [3.8, 4) is 5.75 Å². The Bertz CT molecular complexity index is 1290. The summed E-state index contributed by atoms with van der Waals surface area (Å²) >= 11 is 0. The number of likely N-dealkylation sites (N-methyl/N-ethyl adjacent to an activating group) is 1. The molecular weight excluding hydrogens is 480 g/mol. The highest BCUT2D eigenvalue weighted by Gasteiger charge is 2.63. The van der Waals surface area contributed by atoms with Crippen molar-refractivity contribution >= 4 is 23.5 Å². The standard InChI is InChI=1S/C27H32N2O8/c1-4-5-6-14(30)9-12-7-8-17(31)19-15(12)10-13-11-16-21(29(2)3)23(33)20(26(28)36)25(35)27(16,37)24(34)18(13)22(19)32/h7-9,13,16,21,30-31,33-34,37H,4-6,10-11H2,1-3H3,(H2,28,36)/b14-9-/t13-,16-,21+,27+/m1/s1.